The molecule has 0 fully saturated rings. The predicted octanol–water partition coefficient (Wildman–Crippen LogP) is 4.25. The number of anilines is 1. The number of para-hydroxylation sites is 1. The zero-order valence-electron chi connectivity index (χ0n) is 15.1. The fourth-order valence-electron chi connectivity index (χ4n) is 4.16. The largest absolute Gasteiger partial charge is 0.294 e. The smallest absolute Gasteiger partial charge is 0.232 e. The molecule has 4 heteroatoms. The van der Waals surface area contributed by atoms with E-state index in [0.29, 0.717) is 19.3 Å². The van der Waals surface area contributed by atoms with Gasteiger partial charge in [-0.1, -0.05) is 38.1 Å². The molecule has 1 amide bonds. The molecule has 1 aliphatic carbocycles. The third-order valence-corrected chi connectivity index (χ3v) is 5.24. The lowest BCUT2D eigenvalue weighted by Gasteiger charge is -2.42. The van der Waals surface area contributed by atoms with Crippen molar-refractivity contribution in [2.24, 2.45) is 5.41 Å². The Morgan fingerprint density at radius 2 is 1.81 bits per heavy atom. The van der Waals surface area contributed by atoms with Gasteiger partial charge in [0, 0.05) is 48.1 Å². The van der Waals surface area contributed by atoms with Crippen LogP contribution in [0.4, 0.5) is 5.69 Å². The third kappa shape index (κ3) is 2.85. The molecule has 2 heterocycles. The fourth-order valence-corrected chi connectivity index (χ4v) is 4.16. The Kier molecular flexibility index (Phi) is 3.98. The van der Waals surface area contributed by atoms with Crippen LogP contribution >= 0.6 is 0 Å². The van der Waals surface area contributed by atoms with E-state index >= 15 is 0 Å². The molecule has 2 aliphatic rings. The predicted molar refractivity (Wildman–Crippen MR) is 101 cm³/mol. The summed E-state index contributed by atoms with van der Waals surface area (Å²) in [5.41, 5.74) is 3.28. The number of aromatic nitrogens is 1. The monoisotopic (exact) mass is 346 g/mol. The second kappa shape index (κ2) is 6.20. The molecule has 132 valence electrons. The summed E-state index contributed by atoms with van der Waals surface area (Å²) in [6, 6.07) is 13.5. The van der Waals surface area contributed by atoms with E-state index in [9.17, 15) is 9.59 Å². The summed E-state index contributed by atoms with van der Waals surface area (Å²) in [5.74, 6) is -0.0115. The number of amides is 1. The van der Waals surface area contributed by atoms with Gasteiger partial charge in [0.25, 0.3) is 0 Å². The van der Waals surface area contributed by atoms with E-state index in [1.165, 1.54) is 0 Å². The van der Waals surface area contributed by atoms with Crippen LogP contribution in [0.3, 0.4) is 0 Å². The first-order chi connectivity index (χ1) is 12.5. The van der Waals surface area contributed by atoms with Crippen molar-refractivity contribution in [3.8, 4) is 0 Å². The van der Waals surface area contributed by atoms with E-state index in [1.807, 2.05) is 42.5 Å². The number of allylic oxidation sites excluding steroid dienone is 2. The summed E-state index contributed by atoms with van der Waals surface area (Å²) < 4.78 is 0. The summed E-state index contributed by atoms with van der Waals surface area (Å²) in [7, 11) is 0. The first kappa shape index (κ1) is 16.7. The van der Waals surface area contributed by atoms with Crippen LogP contribution in [0.25, 0.3) is 0 Å². The van der Waals surface area contributed by atoms with Crippen molar-refractivity contribution in [1.29, 1.82) is 0 Å². The topological polar surface area (TPSA) is 50.3 Å². The summed E-state index contributed by atoms with van der Waals surface area (Å²) in [5, 5.41) is 0. The first-order valence-electron chi connectivity index (χ1n) is 9.00. The zero-order valence-corrected chi connectivity index (χ0v) is 15.1. The second-order valence-corrected chi connectivity index (χ2v) is 7.91. The van der Waals surface area contributed by atoms with Gasteiger partial charge < -0.3 is 0 Å². The minimum Gasteiger partial charge on any atom is -0.294 e. The fraction of sp³-hybridized carbons (Fsp3) is 0.318. The van der Waals surface area contributed by atoms with Gasteiger partial charge in [0.2, 0.25) is 5.91 Å². The molecule has 4 rings (SSSR count). The Morgan fingerprint density at radius 3 is 2.50 bits per heavy atom. The number of pyridine rings is 1. The highest BCUT2D eigenvalue weighted by atomic mass is 16.2. The molecular weight excluding hydrogens is 324 g/mol. The Labute approximate surface area is 153 Å². The van der Waals surface area contributed by atoms with Gasteiger partial charge in [-0.3, -0.25) is 19.5 Å². The van der Waals surface area contributed by atoms with Crippen LogP contribution in [-0.2, 0) is 9.59 Å². The van der Waals surface area contributed by atoms with Crippen LogP contribution in [0.5, 0.6) is 0 Å². The van der Waals surface area contributed by atoms with Crippen molar-refractivity contribution < 1.29 is 9.59 Å². The van der Waals surface area contributed by atoms with Crippen molar-refractivity contribution in [2.45, 2.75) is 39.0 Å². The number of ketones is 1. The van der Waals surface area contributed by atoms with Crippen molar-refractivity contribution in [3.05, 3.63) is 71.7 Å². The van der Waals surface area contributed by atoms with Gasteiger partial charge in [-0.05, 0) is 35.6 Å². The van der Waals surface area contributed by atoms with E-state index < -0.39 is 0 Å². The highest BCUT2D eigenvalue weighted by Gasteiger charge is 2.44. The minimum absolute atomic E-state index is 0.0364. The molecular formula is C22H22N2O2. The number of hydrogen-bond acceptors (Lipinski definition) is 3. The number of Topliss-reactive ketones (excluding diaryl/α,β-unsaturated/α-hetero) is 1. The number of carbonyl (C=O) groups is 2. The van der Waals surface area contributed by atoms with Crippen molar-refractivity contribution in [3.63, 3.8) is 0 Å². The van der Waals surface area contributed by atoms with Gasteiger partial charge >= 0.3 is 0 Å². The Morgan fingerprint density at radius 1 is 1.04 bits per heavy atom. The molecule has 1 aliphatic heterocycles. The lowest BCUT2D eigenvalue weighted by atomic mass is 9.69. The van der Waals surface area contributed by atoms with Gasteiger partial charge in [-0.15, -0.1) is 0 Å². The quantitative estimate of drug-likeness (QED) is 0.817. The Bertz CT molecular complexity index is 885. The SMILES string of the molecule is CC1(C)CC(=O)C2=C(C1)N(c1ccccc1)C(=O)C[C@@H]2c1cccnc1. The van der Waals surface area contributed by atoms with Crippen LogP contribution in [0.15, 0.2) is 66.1 Å². The Hall–Kier alpha value is -2.75. The van der Waals surface area contributed by atoms with E-state index in [4.69, 9.17) is 0 Å². The maximum absolute atomic E-state index is 13.1. The lowest BCUT2D eigenvalue weighted by Crippen LogP contribution is -2.43. The Balaban J connectivity index is 1.90. The molecule has 0 radical (unpaired) electrons. The molecule has 26 heavy (non-hydrogen) atoms. The van der Waals surface area contributed by atoms with Crippen LogP contribution in [0.2, 0.25) is 0 Å². The maximum atomic E-state index is 13.1. The van der Waals surface area contributed by atoms with Crippen LogP contribution < -0.4 is 4.90 Å². The van der Waals surface area contributed by atoms with Gasteiger partial charge in [0.05, 0.1) is 0 Å². The van der Waals surface area contributed by atoms with Gasteiger partial charge in [-0.2, -0.15) is 0 Å². The highest BCUT2D eigenvalue weighted by Crippen LogP contribution is 2.47. The minimum atomic E-state index is -0.199. The van der Waals surface area contributed by atoms with Gasteiger partial charge in [-0.25, -0.2) is 0 Å². The molecule has 0 N–H and O–H groups in total. The molecule has 0 saturated heterocycles. The lowest BCUT2D eigenvalue weighted by molar-refractivity contribution is -0.121. The molecule has 2 aromatic rings. The summed E-state index contributed by atoms with van der Waals surface area (Å²) >= 11 is 0. The van der Waals surface area contributed by atoms with Gasteiger partial charge in [0.1, 0.15) is 0 Å². The van der Waals surface area contributed by atoms with Crippen LogP contribution in [0.1, 0.15) is 44.6 Å². The van der Waals surface area contributed by atoms with E-state index in [-0.39, 0.29) is 23.0 Å². The number of benzene rings is 1. The molecule has 4 nitrogen and oxygen atoms in total. The second-order valence-electron chi connectivity index (χ2n) is 7.91. The third-order valence-electron chi connectivity index (χ3n) is 5.24. The average Bonchev–Trinajstić information content (AvgIpc) is 2.61. The van der Waals surface area contributed by atoms with Crippen molar-refractivity contribution in [2.75, 3.05) is 4.90 Å². The van der Waals surface area contributed by atoms with E-state index in [0.717, 1.165) is 22.5 Å². The molecule has 0 saturated carbocycles. The van der Waals surface area contributed by atoms with E-state index in [1.54, 1.807) is 17.3 Å². The van der Waals surface area contributed by atoms with Crippen molar-refractivity contribution >= 4 is 17.4 Å². The summed E-state index contributed by atoms with van der Waals surface area (Å²) in [4.78, 5) is 32.2. The number of rotatable bonds is 2. The number of hydrogen-bond donors (Lipinski definition) is 0. The molecule has 1 atom stereocenters. The van der Waals surface area contributed by atoms with Crippen LogP contribution in [0, 0.1) is 5.41 Å². The number of carbonyl (C=O) groups excluding carboxylic acids is 2. The average molecular weight is 346 g/mol. The molecule has 1 aromatic carbocycles. The summed E-state index contributed by atoms with van der Waals surface area (Å²) in [6.45, 7) is 4.19. The maximum Gasteiger partial charge on any atom is 0.232 e. The molecule has 0 unspecified atom stereocenters. The van der Waals surface area contributed by atoms with Crippen molar-refractivity contribution in [1.82, 2.24) is 4.98 Å². The molecule has 0 bridgehead atoms. The zero-order chi connectivity index (χ0) is 18.3. The highest BCUT2D eigenvalue weighted by molar-refractivity contribution is 6.07. The first-order valence-corrected chi connectivity index (χ1v) is 9.00. The summed E-state index contributed by atoms with van der Waals surface area (Å²) in [6.07, 6.45) is 5.01. The molecule has 0 spiro atoms. The molecule has 1 aromatic heterocycles. The van der Waals surface area contributed by atoms with E-state index in [2.05, 4.69) is 18.8 Å². The standard InChI is InChI=1S/C22H22N2O2/c1-22(2)12-18-21(19(25)13-22)17(15-7-6-10-23-14-15)11-20(26)24(18)16-8-4-3-5-9-16/h3-10,14,17H,11-13H2,1-2H3/t17-/m1/s1. The number of nitrogens with zero attached hydrogens (tertiary/aromatic N) is 2. The normalized spacial score (nSPS) is 22.4. The van der Waals surface area contributed by atoms with Gasteiger partial charge in [0.15, 0.2) is 5.78 Å². The van der Waals surface area contributed by atoms with Crippen LogP contribution in [-0.4, -0.2) is 16.7 Å².